The zero-order valence-electron chi connectivity index (χ0n) is 5.17. The van der Waals surface area contributed by atoms with Crippen molar-refractivity contribution >= 4 is 23.6 Å². The minimum Gasteiger partial charge on any atom is -0.260 e. The van der Waals surface area contributed by atoms with E-state index in [1.807, 2.05) is 18.2 Å². The summed E-state index contributed by atoms with van der Waals surface area (Å²) in [6.45, 7) is 0.448. The Labute approximate surface area is 69.6 Å². The molecule has 1 heterocycles. The van der Waals surface area contributed by atoms with Gasteiger partial charge in [0.2, 0.25) is 0 Å². The average Bonchev–Trinajstić information content (AvgIpc) is 1.88. The number of hydrogen-bond donors (Lipinski definition) is 0. The molecule has 4 heteroatoms. The van der Waals surface area contributed by atoms with Gasteiger partial charge in [0.15, 0.2) is 0 Å². The van der Waals surface area contributed by atoms with Gasteiger partial charge in [-0.3, -0.25) is 4.98 Å². The van der Waals surface area contributed by atoms with Crippen LogP contribution in [0, 0.1) is 0 Å². The van der Waals surface area contributed by atoms with Crippen LogP contribution in [0.5, 0.6) is 0 Å². The van der Waals surface area contributed by atoms with E-state index in [0.29, 0.717) is 6.54 Å². The predicted molar refractivity (Wildman–Crippen MR) is 41.5 cm³/mol. The molecule has 0 aromatic carbocycles. The van der Waals surface area contributed by atoms with Crippen LogP contribution in [-0.2, 0) is 6.54 Å². The van der Waals surface area contributed by atoms with Crippen LogP contribution in [0.1, 0.15) is 5.69 Å². The van der Waals surface area contributed by atoms with Gasteiger partial charge in [0, 0.05) is 6.20 Å². The molecule has 0 amide bonds. The molecule has 0 saturated heterocycles. The Morgan fingerprint density at radius 3 is 2.70 bits per heavy atom. The van der Waals surface area contributed by atoms with E-state index in [1.54, 1.807) is 6.20 Å². The van der Waals surface area contributed by atoms with Gasteiger partial charge >= 0.3 is 0 Å². The van der Waals surface area contributed by atoms with Gasteiger partial charge in [-0.15, -0.1) is 3.94 Å². The molecule has 1 aromatic rings. The Hall–Kier alpha value is -0.310. The number of aromatic nitrogens is 1. The summed E-state index contributed by atoms with van der Waals surface area (Å²) in [7, 11) is 0. The Balaban J connectivity index is 2.59. The Kier molecular flexibility index (Phi) is 2.93. The number of nitrogens with zero attached hydrogens (tertiary/aromatic N) is 2. The van der Waals surface area contributed by atoms with Crippen molar-refractivity contribution in [3.63, 3.8) is 0 Å². The third kappa shape index (κ3) is 2.52. The quantitative estimate of drug-likeness (QED) is 0.643. The molecular formula is C6H6Cl2N2. The highest BCUT2D eigenvalue weighted by Gasteiger charge is 1.96. The first-order valence-corrected chi connectivity index (χ1v) is 3.45. The van der Waals surface area contributed by atoms with Gasteiger partial charge in [-0.25, -0.2) is 0 Å². The molecule has 0 saturated carbocycles. The summed E-state index contributed by atoms with van der Waals surface area (Å²) < 4.78 is 1.04. The molecule has 0 aliphatic rings. The fourth-order valence-corrected chi connectivity index (χ4v) is 0.859. The van der Waals surface area contributed by atoms with Gasteiger partial charge in [-0.2, -0.15) is 0 Å². The second-order valence-corrected chi connectivity index (χ2v) is 2.77. The Bertz CT molecular complexity index is 188. The first kappa shape index (κ1) is 7.79. The lowest BCUT2D eigenvalue weighted by molar-refractivity contribution is 0.685. The third-order valence-corrected chi connectivity index (χ3v) is 1.25. The second-order valence-electron chi connectivity index (χ2n) is 1.78. The van der Waals surface area contributed by atoms with E-state index in [4.69, 9.17) is 23.6 Å². The van der Waals surface area contributed by atoms with Crippen molar-refractivity contribution in [1.82, 2.24) is 8.92 Å². The van der Waals surface area contributed by atoms with Crippen molar-refractivity contribution in [2.75, 3.05) is 0 Å². The van der Waals surface area contributed by atoms with Crippen molar-refractivity contribution in [2.24, 2.45) is 0 Å². The van der Waals surface area contributed by atoms with Crippen LogP contribution in [0.4, 0.5) is 0 Å². The van der Waals surface area contributed by atoms with Crippen LogP contribution in [0.2, 0.25) is 0 Å². The maximum absolute atomic E-state index is 5.37. The summed E-state index contributed by atoms with van der Waals surface area (Å²) in [5, 5.41) is 0. The molecule has 0 bridgehead atoms. The van der Waals surface area contributed by atoms with Crippen molar-refractivity contribution in [1.29, 1.82) is 0 Å². The van der Waals surface area contributed by atoms with Crippen molar-refractivity contribution < 1.29 is 0 Å². The SMILES string of the molecule is ClN(Cl)Cc1ccccn1. The van der Waals surface area contributed by atoms with E-state index in [9.17, 15) is 0 Å². The van der Waals surface area contributed by atoms with E-state index in [-0.39, 0.29) is 0 Å². The highest BCUT2D eigenvalue weighted by molar-refractivity contribution is 6.33. The van der Waals surface area contributed by atoms with Gasteiger partial charge < -0.3 is 0 Å². The summed E-state index contributed by atoms with van der Waals surface area (Å²) in [5.41, 5.74) is 0.854. The molecule has 0 unspecified atom stereocenters. The minimum atomic E-state index is 0.448. The molecule has 10 heavy (non-hydrogen) atoms. The lowest BCUT2D eigenvalue weighted by atomic mass is 10.4. The molecule has 0 atom stereocenters. The zero-order chi connectivity index (χ0) is 7.40. The van der Waals surface area contributed by atoms with Crippen LogP contribution in [0.3, 0.4) is 0 Å². The van der Waals surface area contributed by atoms with Crippen LogP contribution in [0.25, 0.3) is 0 Å². The highest BCUT2D eigenvalue weighted by atomic mass is 35.5. The largest absolute Gasteiger partial charge is 0.260 e. The summed E-state index contributed by atoms with van der Waals surface area (Å²) in [5.74, 6) is 0. The molecule has 0 aliphatic heterocycles. The number of hydrogen-bond acceptors (Lipinski definition) is 2. The van der Waals surface area contributed by atoms with Crippen molar-refractivity contribution in [2.45, 2.75) is 6.54 Å². The van der Waals surface area contributed by atoms with Gasteiger partial charge in [0.1, 0.15) is 0 Å². The maximum atomic E-state index is 5.37. The summed E-state index contributed by atoms with van der Waals surface area (Å²) >= 11 is 10.7. The number of halogens is 2. The minimum absolute atomic E-state index is 0.448. The predicted octanol–water partition coefficient (Wildman–Crippen LogP) is 2.19. The molecule has 1 aromatic heterocycles. The fraction of sp³-hybridized carbons (Fsp3) is 0.167. The zero-order valence-corrected chi connectivity index (χ0v) is 6.68. The van der Waals surface area contributed by atoms with Crippen LogP contribution in [-0.4, -0.2) is 8.92 Å². The molecule has 0 radical (unpaired) electrons. The lowest BCUT2D eigenvalue weighted by Gasteiger charge is -2.00. The third-order valence-electron chi connectivity index (χ3n) is 1.01. The Morgan fingerprint density at radius 1 is 1.40 bits per heavy atom. The molecule has 1 rings (SSSR count). The topological polar surface area (TPSA) is 16.1 Å². The van der Waals surface area contributed by atoms with Crippen molar-refractivity contribution in [3.05, 3.63) is 30.1 Å². The van der Waals surface area contributed by atoms with Crippen LogP contribution < -0.4 is 0 Å². The van der Waals surface area contributed by atoms with Crippen molar-refractivity contribution in [3.8, 4) is 0 Å². The van der Waals surface area contributed by atoms with E-state index in [1.165, 1.54) is 0 Å². The summed E-state index contributed by atoms with van der Waals surface area (Å²) in [6.07, 6.45) is 1.70. The molecular weight excluding hydrogens is 171 g/mol. The molecule has 0 N–H and O–H groups in total. The number of pyridine rings is 1. The smallest absolute Gasteiger partial charge is 0.0727 e. The van der Waals surface area contributed by atoms with E-state index >= 15 is 0 Å². The molecule has 0 aliphatic carbocycles. The highest BCUT2D eigenvalue weighted by Crippen LogP contribution is 2.05. The lowest BCUT2D eigenvalue weighted by Crippen LogP contribution is -1.98. The van der Waals surface area contributed by atoms with E-state index in [2.05, 4.69) is 4.98 Å². The first-order valence-electron chi connectivity index (χ1n) is 2.78. The fourth-order valence-electron chi connectivity index (χ4n) is 0.614. The van der Waals surface area contributed by atoms with Crippen LogP contribution >= 0.6 is 23.6 Å². The average molecular weight is 177 g/mol. The standard InChI is InChI=1S/C6H6Cl2N2/c7-10(8)5-6-3-1-2-4-9-6/h1-4H,5H2. The molecule has 0 fully saturated rings. The number of rotatable bonds is 2. The van der Waals surface area contributed by atoms with Gasteiger partial charge in [-0.1, -0.05) is 6.07 Å². The second kappa shape index (κ2) is 3.76. The van der Waals surface area contributed by atoms with Gasteiger partial charge in [0.25, 0.3) is 0 Å². The Morgan fingerprint density at radius 2 is 2.20 bits per heavy atom. The maximum Gasteiger partial charge on any atom is 0.0727 e. The van der Waals surface area contributed by atoms with Crippen LogP contribution in [0.15, 0.2) is 24.4 Å². The van der Waals surface area contributed by atoms with E-state index in [0.717, 1.165) is 9.63 Å². The molecule has 54 valence electrons. The van der Waals surface area contributed by atoms with E-state index < -0.39 is 0 Å². The van der Waals surface area contributed by atoms with Gasteiger partial charge in [0.05, 0.1) is 12.2 Å². The summed E-state index contributed by atoms with van der Waals surface area (Å²) in [6, 6.07) is 5.59. The molecule has 2 nitrogen and oxygen atoms in total. The van der Waals surface area contributed by atoms with Gasteiger partial charge in [-0.05, 0) is 35.7 Å². The first-order chi connectivity index (χ1) is 4.79. The normalized spacial score (nSPS) is 10.3. The molecule has 0 spiro atoms. The summed E-state index contributed by atoms with van der Waals surface area (Å²) in [4.78, 5) is 4.01. The monoisotopic (exact) mass is 176 g/mol.